The second kappa shape index (κ2) is 7.37. The molecule has 1 aromatic heterocycles. The summed E-state index contributed by atoms with van der Waals surface area (Å²) in [5.74, 6) is 0.816. The second-order valence-electron chi connectivity index (χ2n) is 4.55. The van der Waals surface area contributed by atoms with Crippen LogP contribution in [0.25, 0.3) is 0 Å². The van der Waals surface area contributed by atoms with Gasteiger partial charge in [-0.25, -0.2) is 0 Å². The molecular formula is C16H15N5OS. The minimum atomic E-state index is 0.619. The van der Waals surface area contributed by atoms with Crippen LogP contribution in [0.4, 0.5) is 16.0 Å². The predicted molar refractivity (Wildman–Crippen MR) is 93.8 cm³/mol. The van der Waals surface area contributed by atoms with Gasteiger partial charge in [0.15, 0.2) is 0 Å². The first-order valence-corrected chi connectivity index (χ1v) is 7.74. The van der Waals surface area contributed by atoms with Gasteiger partial charge in [0, 0.05) is 5.69 Å². The average molecular weight is 325 g/mol. The van der Waals surface area contributed by atoms with E-state index in [1.54, 1.807) is 13.3 Å². The summed E-state index contributed by atoms with van der Waals surface area (Å²) in [6.45, 7) is 0. The summed E-state index contributed by atoms with van der Waals surface area (Å²) in [7, 11) is 1.64. The van der Waals surface area contributed by atoms with Crippen molar-refractivity contribution in [2.45, 2.75) is 0 Å². The Morgan fingerprint density at radius 1 is 1.00 bits per heavy atom. The fourth-order valence-corrected chi connectivity index (χ4v) is 2.43. The normalized spacial score (nSPS) is 10.7. The van der Waals surface area contributed by atoms with Crippen LogP contribution >= 0.6 is 11.3 Å². The Bertz CT molecular complexity index is 771. The number of aromatic nitrogens is 2. The van der Waals surface area contributed by atoms with Gasteiger partial charge in [-0.2, -0.15) is 5.10 Å². The molecule has 0 saturated carbocycles. The Morgan fingerprint density at radius 2 is 1.74 bits per heavy atom. The molecular weight excluding hydrogens is 310 g/mol. The second-order valence-corrected chi connectivity index (χ2v) is 5.52. The Morgan fingerprint density at radius 3 is 2.48 bits per heavy atom. The number of anilines is 3. The highest BCUT2D eigenvalue weighted by Gasteiger charge is 2.02. The van der Waals surface area contributed by atoms with Crippen LogP contribution in [0.2, 0.25) is 0 Å². The molecule has 0 saturated heterocycles. The Hall–Kier alpha value is -2.93. The highest BCUT2D eigenvalue weighted by Crippen LogP contribution is 2.23. The molecule has 0 bridgehead atoms. The van der Waals surface area contributed by atoms with Gasteiger partial charge in [0.25, 0.3) is 0 Å². The molecule has 0 aliphatic carbocycles. The van der Waals surface area contributed by atoms with Crippen molar-refractivity contribution < 1.29 is 4.74 Å². The lowest BCUT2D eigenvalue weighted by molar-refractivity contribution is 0.415. The molecule has 0 atom stereocenters. The molecule has 116 valence electrons. The zero-order valence-corrected chi connectivity index (χ0v) is 13.2. The van der Waals surface area contributed by atoms with E-state index < -0.39 is 0 Å². The number of hydrogen-bond acceptors (Lipinski definition) is 7. The zero-order chi connectivity index (χ0) is 15.9. The number of hydrazone groups is 1. The van der Waals surface area contributed by atoms with Crippen molar-refractivity contribution in [3.05, 3.63) is 60.2 Å². The fraction of sp³-hybridized carbons (Fsp3) is 0.0625. The number of methoxy groups -OCH3 is 1. The summed E-state index contributed by atoms with van der Waals surface area (Å²) < 4.78 is 5.11. The van der Waals surface area contributed by atoms with Gasteiger partial charge in [0.05, 0.1) is 13.3 Å². The molecule has 0 unspecified atom stereocenters. The van der Waals surface area contributed by atoms with Crippen LogP contribution in [0.3, 0.4) is 0 Å². The third-order valence-corrected chi connectivity index (χ3v) is 3.68. The first-order valence-electron chi connectivity index (χ1n) is 6.92. The number of para-hydroxylation sites is 1. The van der Waals surface area contributed by atoms with Gasteiger partial charge in [0.1, 0.15) is 5.75 Å². The molecule has 2 aromatic carbocycles. The van der Waals surface area contributed by atoms with Crippen molar-refractivity contribution in [3.63, 3.8) is 0 Å². The van der Waals surface area contributed by atoms with Crippen molar-refractivity contribution in [2.24, 2.45) is 5.10 Å². The highest BCUT2D eigenvalue weighted by atomic mass is 32.1. The number of ether oxygens (including phenoxy) is 1. The summed E-state index contributed by atoms with van der Waals surface area (Å²) in [5.41, 5.74) is 4.80. The zero-order valence-electron chi connectivity index (χ0n) is 12.4. The van der Waals surface area contributed by atoms with Crippen LogP contribution in [0.1, 0.15) is 5.56 Å². The maximum absolute atomic E-state index is 5.11. The van der Waals surface area contributed by atoms with E-state index in [2.05, 4.69) is 26.0 Å². The van der Waals surface area contributed by atoms with Crippen LogP contribution in [0, 0.1) is 0 Å². The average Bonchev–Trinajstić information content (AvgIpc) is 3.04. The van der Waals surface area contributed by atoms with Gasteiger partial charge in [-0.05, 0) is 42.0 Å². The van der Waals surface area contributed by atoms with E-state index in [4.69, 9.17) is 4.74 Å². The summed E-state index contributed by atoms with van der Waals surface area (Å²) in [5, 5.41) is 16.8. The van der Waals surface area contributed by atoms with Crippen molar-refractivity contribution in [1.29, 1.82) is 0 Å². The largest absolute Gasteiger partial charge is 0.497 e. The summed E-state index contributed by atoms with van der Waals surface area (Å²) in [6, 6.07) is 17.4. The van der Waals surface area contributed by atoms with Gasteiger partial charge in [-0.1, -0.05) is 29.5 Å². The predicted octanol–water partition coefficient (Wildman–Crippen LogP) is 3.74. The third kappa shape index (κ3) is 4.27. The van der Waals surface area contributed by atoms with Crippen LogP contribution in [-0.4, -0.2) is 23.5 Å². The van der Waals surface area contributed by atoms with E-state index in [-0.39, 0.29) is 0 Å². The quantitative estimate of drug-likeness (QED) is 0.534. The Labute approximate surface area is 137 Å². The Balaban J connectivity index is 1.57. The van der Waals surface area contributed by atoms with Gasteiger partial charge in [-0.3, -0.25) is 5.43 Å². The maximum Gasteiger partial charge on any atom is 0.227 e. The molecule has 0 aliphatic heterocycles. The van der Waals surface area contributed by atoms with E-state index in [1.165, 1.54) is 11.3 Å². The SMILES string of the molecule is COc1ccc(/C=N/Nc2nnc(Nc3ccccc3)s2)cc1. The first-order chi connectivity index (χ1) is 11.3. The van der Waals surface area contributed by atoms with Crippen LogP contribution in [0.15, 0.2) is 59.7 Å². The van der Waals surface area contributed by atoms with E-state index in [1.807, 2.05) is 54.6 Å². The molecule has 6 nitrogen and oxygen atoms in total. The first kappa shape index (κ1) is 15.0. The molecule has 3 aromatic rings. The monoisotopic (exact) mass is 325 g/mol. The molecule has 0 radical (unpaired) electrons. The summed E-state index contributed by atoms with van der Waals surface area (Å²) in [4.78, 5) is 0. The number of benzene rings is 2. The molecule has 0 spiro atoms. The lowest BCUT2D eigenvalue weighted by atomic mass is 10.2. The lowest BCUT2D eigenvalue weighted by Crippen LogP contribution is -1.90. The molecule has 23 heavy (non-hydrogen) atoms. The van der Waals surface area contributed by atoms with Gasteiger partial charge in [-0.15, -0.1) is 10.2 Å². The van der Waals surface area contributed by atoms with E-state index >= 15 is 0 Å². The molecule has 3 rings (SSSR count). The molecule has 0 aliphatic rings. The molecule has 7 heteroatoms. The summed E-state index contributed by atoms with van der Waals surface area (Å²) in [6.07, 6.45) is 1.71. The van der Waals surface area contributed by atoms with E-state index in [0.29, 0.717) is 10.3 Å². The molecule has 1 heterocycles. The fourth-order valence-electron chi connectivity index (χ4n) is 1.82. The minimum Gasteiger partial charge on any atom is -0.497 e. The van der Waals surface area contributed by atoms with Crippen molar-refractivity contribution >= 4 is 33.5 Å². The van der Waals surface area contributed by atoms with Crippen LogP contribution in [0.5, 0.6) is 5.75 Å². The van der Waals surface area contributed by atoms with Crippen molar-refractivity contribution in [2.75, 3.05) is 17.9 Å². The number of rotatable bonds is 6. The number of nitrogens with one attached hydrogen (secondary N) is 2. The van der Waals surface area contributed by atoms with Gasteiger partial charge in [0.2, 0.25) is 10.3 Å². The minimum absolute atomic E-state index is 0.619. The molecule has 0 amide bonds. The van der Waals surface area contributed by atoms with Gasteiger partial charge < -0.3 is 10.1 Å². The lowest BCUT2D eigenvalue weighted by Gasteiger charge is -1.99. The maximum atomic E-state index is 5.11. The molecule has 2 N–H and O–H groups in total. The van der Waals surface area contributed by atoms with Gasteiger partial charge >= 0.3 is 0 Å². The topological polar surface area (TPSA) is 71.4 Å². The summed E-state index contributed by atoms with van der Waals surface area (Å²) >= 11 is 1.39. The van der Waals surface area contributed by atoms with E-state index in [9.17, 15) is 0 Å². The number of hydrogen-bond donors (Lipinski definition) is 2. The van der Waals surface area contributed by atoms with E-state index in [0.717, 1.165) is 17.0 Å². The van der Waals surface area contributed by atoms with Crippen molar-refractivity contribution in [1.82, 2.24) is 10.2 Å². The molecule has 0 fully saturated rings. The number of nitrogens with zero attached hydrogens (tertiary/aromatic N) is 3. The van der Waals surface area contributed by atoms with Crippen LogP contribution in [-0.2, 0) is 0 Å². The van der Waals surface area contributed by atoms with Crippen LogP contribution < -0.4 is 15.5 Å². The Kier molecular flexibility index (Phi) is 4.80. The standard InChI is InChI=1S/C16H15N5OS/c1-22-14-9-7-12(8-10-14)11-17-19-16-21-20-15(23-16)18-13-5-3-2-4-6-13/h2-11H,1H3,(H,18,20)(H,19,21)/b17-11+. The third-order valence-electron chi connectivity index (χ3n) is 2.94. The van der Waals surface area contributed by atoms with Crippen molar-refractivity contribution in [3.8, 4) is 5.75 Å². The highest BCUT2D eigenvalue weighted by molar-refractivity contribution is 7.19. The smallest absolute Gasteiger partial charge is 0.227 e.